The maximum atomic E-state index is 13.2. The summed E-state index contributed by atoms with van der Waals surface area (Å²) in [5.74, 6) is -0.215. The van der Waals surface area contributed by atoms with Gasteiger partial charge >= 0.3 is 6.03 Å². The molecule has 1 aromatic heterocycles. The fourth-order valence-corrected chi connectivity index (χ4v) is 3.41. The average Bonchev–Trinajstić information content (AvgIpc) is 3.39. The van der Waals surface area contributed by atoms with E-state index in [9.17, 15) is 14.4 Å². The van der Waals surface area contributed by atoms with Gasteiger partial charge in [0.2, 0.25) is 0 Å². The maximum Gasteiger partial charge on any atom is 0.325 e. The molecule has 0 bridgehead atoms. The fraction of sp³-hybridized carbons (Fsp3) is 0.238. The zero-order valence-electron chi connectivity index (χ0n) is 17.0. The molecule has 3 amide bonds. The van der Waals surface area contributed by atoms with Crippen LogP contribution < -0.4 is 10.1 Å². The quantitative estimate of drug-likeness (QED) is 0.456. The van der Waals surface area contributed by atoms with Crippen LogP contribution in [0.1, 0.15) is 29.8 Å². The molecule has 1 aliphatic rings. The van der Waals surface area contributed by atoms with Crippen molar-refractivity contribution < 1.29 is 19.1 Å². The van der Waals surface area contributed by atoms with Gasteiger partial charge in [-0.3, -0.25) is 14.5 Å². The van der Waals surface area contributed by atoms with Gasteiger partial charge in [0.25, 0.3) is 5.91 Å². The molecule has 0 saturated carbocycles. The topological polar surface area (TPSA) is 119 Å². The summed E-state index contributed by atoms with van der Waals surface area (Å²) in [6.45, 7) is 3.63. The molecule has 2 heterocycles. The number of benzene rings is 2. The number of amides is 3. The summed E-state index contributed by atoms with van der Waals surface area (Å²) in [4.78, 5) is 39.4. The van der Waals surface area contributed by atoms with E-state index < -0.39 is 17.5 Å². The third kappa shape index (κ3) is 3.75. The summed E-state index contributed by atoms with van der Waals surface area (Å²) in [5.41, 5.74) is 0.253. The number of ether oxygens (including phenoxy) is 1. The van der Waals surface area contributed by atoms with E-state index in [0.29, 0.717) is 29.2 Å². The van der Waals surface area contributed by atoms with Crippen LogP contribution in [0, 0.1) is 0 Å². The van der Waals surface area contributed by atoms with Crippen molar-refractivity contribution in [2.75, 3.05) is 13.2 Å². The number of carbonyl (C=O) groups excluding carboxylic acids is 3. The molecule has 1 atom stereocenters. The molecule has 2 aromatic carbocycles. The number of aromatic nitrogens is 4. The van der Waals surface area contributed by atoms with Gasteiger partial charge in [-0.05, 0) is 66.2 Å². The summed E-state index contributed by atoms with van der Waals surface area (Å²) < 4.78 is 6.81. The highest BCUT2D eigenvalue weighted by molar-refractivity contribution is 6.11. The van der Waals surface area contributed by atoms with Gasteiger partial charge in [-0.2, -0.15) is 0 Å². The first kappa shape index (κ1) is 20.2. The van der Waals surface area contributed by atoms with Crippen LogP contribution in [-0.2, 0) is 10.3 Å². The van der Waals surface area contributed by atoms with E-state index in [2.05, 4.69) is 20.8 Å². The lowest BCUT2D eigenvalue weighted by Crippen LogP contribution is -2.41. The number of hydrogen-bond acceptors (Lipinski definition) is 7. The second-order valence-electron chi connectivity index (χ2n) is 7.13. The van der Waals surface area contributed by atoms with Crippen LogP contribution in [0.2, 0.25) is 0 Å². The summed E-state index contributed by atoms with van der Waals surface area (Å²) in [5, 5.41) is 13.7. The number of nitrogens with zero attached hydrogens (tertiary/aromatic N) is 5. The normalized spacial score (nSPS) is 18.2. The number of Topliss-reactive ketones (excluding diaryl/α,β-unsaturated/α-hetero) is 1. The minimum absolute atomic E-state index is 0.349. The van der Waals surface area contributed by atoms with Crippen LogP contribution in [-0.4, -0.2) is 56.0 Å². The molecule has 31 heavy (non-hydrogen) atoms. The summed E-state index contributed by atoms with van der Waals surface area (Å²) >= 11 is 0. The minimum Gasteiger partial charge on any atom is -0.494 e. The number of ketones is 1. The molecule has 158 valence electrons. The molecule has 1 aliphatic heterocycles. The van der Waals surface area contributed by atoms with Crippen molar-refractivity contribution in [2.45, 2.75) is 19.4 Å². The first-order valence-electron chi connectivity index (χ1n) is 9.66. The Morgan fingerprint density at radius 3 is 2.61 bits per heavy atom. The minimum atomic E-state index is -1.32. The Balaban J connectivity index is 1.54. The van der Waals surface area contributed by atoms with Crippen molar-refractivity contribution in [3.05, 3.63) is 66.0 Å². The van der Waals surface area contributed by atoms with Crippen LogP contribution >= 0.6 is 0 Å². The number of urea groups is 1. The molecule has 1 N–H and O–H groups in total. The SMILES string of the molecule is CCOc1ccc(C(=O)CN2C(=O)N[C@](C)(c3cccc(-n4cnnn4)c3)C2=O)cc1. The Hall–Kier alpha value is -4.08. The molecule has 0 aliphatic carbocycles. The van der Waals surface area contributed by atoms with Gasteiger partial charge < -0.3 is 10.1 Å². The van der Waals surface area contributed by atoms with Crippen LogP contribution in [0.4, 0.5) is 4.79 Å². The van der Waals surface area contributed by atoms with E-state index >= 15 is 0 Å². The summed E-state index contributed by atoms with van der Waals surface area (Å²) in [6, 6.07) is 12.9. The van der Waals surface area contributed by atoms with Crippen molar-refractivity contribution in [3.63, 3.8) is 0 Å². The molecule has 1 fully saturated rings. The van der Waals surface area contributed by atoms with Crippen molar-refractivity contribution >= 4 is 17.7 Å². The maximum absolute atomic E-state index is 13.2. The van der Waals surface area contributed by atoms with Gasteiger partial charge in [-0.1, -0.05) is 12.1 Å². The lowest BCUT2D eigenvalue weighted by molar-refractivity contribution is -0.130. The second-order valence-corrected chi connectivity index (χ2v) is 7.13. The Bertz CT molecular complexity index is 1130. The highest BCUT2D eigenvalue weighted by atomic mass is 16.5. The van der Waals surface area contributed by atoms with Crippen molar-refractivity contribution in [1.82, 2.24) is 30.4 Å². The molecular formula is C21H20N6O4. The number of hydrogen-bond donors (Lipinski definition) is 1. The molecule has 1 saturated heterocycles. The van der Waals surface area contributed by atoms with E-state index in [1.807, 2.05) is 6.92 Å². The lowest BCUT2D eigenvalue weighted by atomic mass is 9.91. The summed E-state index contributed by atoms with van der Waals surface area (Å²) in [6.07, 6.45) is 1.43. The largest absolute Gasteiger partial charge is 0.494 e. The van der Waals surface area contributed by atoms with Crippen LogP contribution in [0.3, 0.4) is 0 Å². The van der Waals surface area contributed by atoms with Crippen molar-refractivity contribution in [1.29, 1.82) is 0 Å². The molecular weight excluding hydrogens is 400 g/mol. The first-order valence-corrected chi connectivity index (χ1v) is 9.66. The van der Waals surface area contributed by atoms with Gasteiger partial charge in [0.1, 0.15) is 17.6 Å². The Morgan fingerprint density at radius 2 is 1.94 bits per heavy atom. The monoisotopic (exact) mass is 420 g/mol. The predicted octanol–water partition coefficient (Wildman–Crippen LogP) is 1.71. The van der Waals surface area contributed by atoms with Gasteiger partial charge in [0.15, 0.2) is 5.78 Å². The van der Waals surface area contributed by atoms with E-state index in [1.54, 1.807) is 55.5 Å². The molecule has 0 unspecified atom stereocenters. The van der Waals surface area contributed by atoms with Crippen LogP contribution in [0.15, 0.2) is 54.9 Å². The Kier molecular flexibility index (Phi) is 5.20. The summed E-state index contributed by atoms with van der Waals surface area (Å²) in [7, 11) is 0. The Morgan fingerprint density at radius 1 is 1.16 bits per heavy atom. The molecule has 0 radical (unpaired) electrons. The van der Waals surface area contributed by atoms with Gasteiger partial charge in [-0.25, -0.2) is 9.48 Å². The number of rotatable bonds is 7. The molecule has 0 spiro atoms. The fourth-order valence-electron chi connectivity index (χ4n) is 3.41. The highest BCUT2D eigenvalue weighted by Crippen LogP contribution is 2.30. The van der Waals surface area contributed by atoms with Crippen LogP contribution in [0.25, 0.3) is 5.69 Å². The van der Waals surface area contributed by atoms with Crippen LogP contribution in [0.5, 0.6) is 5.75 Å². The number of imide groups is 1. The van der Waals surface area contributed by atoms with E-state index in [0.717, 1.165) is 4.90 Å². The second kappa shape index (κ2) is 7.98. The van der Waals surface area contributed by atoms with Crippen molar-refractivity contribution in [2.24, 2.45) is 0 Å². The molecule has 10 heteroatoms. The van der Waals surface area contributed by atoms with Gasteiger partial charge in [0, 0.05) is 5.56 Å². The predicted molar refractivity (Wildman–Crippen MR) is 109 cm³/mol. The molecule has 4 rings (SSSR count). The zero-order chi connectivity index (χ0) is 22.0. The Labute approximate surface area is 177 Å². The average molecular weight is 420 g/mol. The lowest BCUT2D eigenvalue weighted by Gasteiger charge is -2.22. The number of carbonyl (C=O) groups is 3. The van der Waals surface area contributed by atoms with Gasteiger partial charge in [-0.15, -0.1) is 5.10 Å². The third-order valence-corrected chi connectivity index (χ3v) is 5.10. The zero-order valence-corrected chi connectivity index (χ0v) is 17.0. The van der Waals surface area contributed by atoms with E-state index in [-0.39, 0.29) is 12.3 Å². The molecule has 3 aromatic rings. The number of nitrogens with one attached hydrogen (secondary N) is 1. The van der Waals surface area contributed by atoms with E-state index in [1.165, 1.54) is 11.0 Å². The standard InChI is InChI=1S/C21H20N6O4/c1-3-31-17-9-7-14(8-10-17)18(28)12-26-19(29)21(2,23-20(26)30)15-5-4-6-16(11-15)27-13-22-24-25-27/h4-11,13H,3,12H2,1-2H3,(H,23,30)/t21-/m1/s1. The number of tetrazole rings is 1. The molecule has 10 nitrogen and oxygen atoms in total. The highest BCUT2D eigenvalue weighted by Gasteiger charge is 2.49. The van der Waals surface area contributed by atoms with Crippen molar-refractivity contribution in [3.8, 4) is 11.4 Å². The van der Waals surface area contributed by atoms with E-state index in [4.69, 9.17) is 4.74 Å². The third-order valence-electron chi connectivity index (χ3n) is 5.10. The smallest absolute Gasteiger partial charge is 0.325 e. The van der Waals surface area contributed by atoms with Gasteiger partial charge in [0.05, 0.1) is 18.8 Å². The first-order chi connectivity index (χ1) is 14.9.